The molecule has 1 aliphatic carbocycles. The molecule has 0 aromatic carbocycles. The van der Waals surface area contributed by atoms with E-state index >= 15 is 0 Å². The zero-order valence-electron chi connectivity index (χ0n) is 14.1. The number of carbonyl (C=O) groups is 1. The first-order valence-electron chi connectivity index (χ1n) is 8.26. The lowest BCUT2D eigenvalue weighted by atomic mass is 10.1. The van der Waals surface area contributed by atoms with Gasteiger partial charge in [0.2, 0.25) is 11.8 Å². The average Bonchev–Trinajstić information content (AvgIpc) is 2.92. The topological polar surface area (TPSA) is 68.5 Å². The minimum absolute atomic E-state index is 0.0202. The molecule has 24 heavy (non-hydrogen) atoms. The van der Waals surface area contributed by atoms with Gasteiger partial charge in [-0.2, -0.15) is 4.98 Å². The number of aryl methyl sites for hydroxylation is 2. The monoisotopic (exact) mass is 347 g/mol. The first-order valence-corrected chi connectivity index (χ1v) is 9.14. The maximum atomic E-state index is 13.1. The minimum atomic E-state index is -0.172. The van der Waals surface area contributed by atoms with E-state index in [-0.39, 0.29) is 24.0 Å². The zero-order valence-corrected chi connectivity index (χ0v) is 14.9. The second kappa shape index (κ2) is 5.97. The van der Waals surface area contributed by atoms with E-state index < -0.39 is 0 Å². The van der Waals surface area contributed by atoms with Gasteiger partial charge in [0.25, 0.3) is 0 Å². The highest BCUT2D eigenvalue weighted by Crippen LogP contribution is 2.52. The third-order valence-electron chi connectivity index (χ3n) is 5.05. The molecule has 2 fully saturated rings. The Kier molecular flexibility index (Phi) is 3.92. The molecule has 2 aromatic rings. The molecular weight excluding hydrogens is 326 g/mol. The SMILES string of the molecule is CO[C@@H]1C[C@H](c2nc(C)no2)N(C(=O)[C@H]2C[C@H]2c2sccc2C)C1. The van der Waals surface area contributed by atoms with E-state index in [0.717, 1.165) is 6.42 Å². The fourth-order valence-corrected chi connectivity index (χ4v) is 4.74. The van der Waals surface area contributed by atoms with Crippen LogP contribution >= 0.6 is 11.3 Å². The number of nitrogens with zero attached hydrogens (tertiary/aromatic N) is 3. The summed E-state index contributed by atoms with van der Waals surface area (Å²) in [6, 6.07) is 1.95. The number of methoxy groups -OCH3 is 1. The molecule has 0 radical (unpaired) electrons. The van der Waals surface area contributed by atoms with Crippen molar-refractivity contribution in [3.63, 3.8) is 0 Å². The van der Waals surface area contributed by atoms with Crippen molar-refractivity contribution in [1.29, 1.82) is 0 Å². The minimum Gasteiger partial charge on any atom is -0.380 e. The van der Waals surface area contributed by atoms with Crippen molar-refractivity contribution in [3.05, 3.63) is 33.6 Å². The Morgan fingerprint density at radius 3 is 2.88 bits per heavy atom. The molecule has 2 aromatic heterocycles. The number of rotatable bonds is 4. The molecule has 3 heterocycles. The van der Waals surface area contributed by atoms with E-state index in [4.69, 9.17) is 9.26 Å². The Morgan fingerprint density at radius 2 is 2.25 bits per heavy atom. The summed E-state index contributed by atoms with van der Waals surface area (Å²) in [5, 5.41) is 5.97. The predicted octanol–water partition coefficient (Wildman–Crippen LogP) is 2.84. The summed E-state index contributed by atoms with van der Waals surface area (Å²) < 4.78 is 10.8. The second-order valence-electron chi connectivity index (χ2n) is 6.70. The second-order valence-corrected chi connectivity index (χ2v) is 7.64. The summed E-state index contributed by atoms with van der Waals surface area (Å²) in [5.74, 6) is 1.74. The number of amides is 1. The maximum absolute atomic E-state index is 13.1. The molecule has 6 nitrogen and oxygen atoms in total. The standard InChI is InChI=1S/C17H21N3O3S/c1-9-4-5-24-15(9)12-7-13(12)17(21)20-8-11(22-3)6-14(20)16-18-10(2)19-23-16/h4-5,11-14H,6-8H2,1-3H3/t11-,12-,13+,14-/m1/s1. The van der Waals surface area contributed by atoms with Crippen molar-refractivity contribution in [3.8, 4) is 0 Å². The molecule has 1 amide bonds. The molecular formula is C17H21N3O3S. The lowest BCUT2D eigenvalue weighted by Gasteiger charge is -2.21. The number of hydrogen-bond donors (Lipinski definition) is 0. The molecule has 4 rings (SSSR count). The van der Waals surface area contributed by atoms with E-state index in [2.05, 4.69) is 28.5 Å². The molecule has 4 atom stereocenters. The van der Waals surface area contributed by atoms with Crippen molar-refractivity contribution >= 4 is 17.2 Å². The molecule has 128 valence electrons. The third kappa shape index (κ3) is 2.65. The van der Waals surface area contributed by atoms with Crippen LogP contribution in [-0.2, 0) is 9.53 Å². The normalized spacial score (nSPS) is 29.2. The van der Waals surface area contributed by atoms with Crippen LogP contribution in [-0.4, -0.2) is 40.7 Å². The number of carbonyl (C=O) groups excluding carboxylic acids is 1. The van der Waals surface area contributed by atoms with Crippen molar-refractivity contribution in [2.75, 3.05) is 13.7 Å². The molecule has 1 aliphatic heterocycles. The van der Waals surface area contributed by atoms with Crippen LogP contribution in [0.25, 0.3) is 0 Å². The summed E-state index contributed by atoms with van der Waals surface area (Å²) in [5.41, 5.74) is 1.29. The lowest BCUT2D eigenvalue weighted by molar-refractivity contribution is -0.134. The van der Waals surface area contributed by atoms with Gasteiger partial charge in [-0.15, -0.1) is 11.3 Å². The first kappa shape index (κ1) is 15.8. The van der Waals surface area contributed by atoms with E-state index in [0.29, 0.717) is 30.6 Å². The van der Waals surface area contributed by atoms with Gasteiger partial charge in [-0.3, -0.25) is 4.79 Å². The van der Waals surface area contributed by atoms with Gasteiger partial charge in [-0.05, 0) is 37.3 Å². The largest absolute Gasteiger partial charge is 0.380 e. The van der Waals surface area contributed by atoms with Crippen LogP contribution < -0.4 is 0 Å². The fourth-order valence-electron chi connectivity index (χ4n) is 3.63. The van der Waals surface area contributed by atoms with E-state index in [1.165, 1.54) is 10.4 Å². The molecule has 1 saturated heterocycles. The van der Waals surface area contributed by atoms with Gasteiger partial charge in [-0.1, -0.05) is 5.16 Å². The van der Waals surface area contributed by atoms with E-state index in [1.807, 2.05) is 4.90 Å². The van der Waals surface area contributed by atoms with Gasteiger partial charge in [0.05, 0.1) is 6.10 Å². The quantitative estimate of drug-likeness (QED) is 0.851. The van der Waals surface area contributed by atoms with Gasteiger partial charge in [0, 0.05) is 36.8 Å². The smallest absolute Gasteiger partial charge is 0.249 e. The summed E-state index contributed by atoms with van der Waals surface area (Å²) in [4.78, 5) is 20.6. The van der Waals surface area contributed by atoms with Gasteiger partial charge in [0.1, 0.15) is 6.04 Å². The van der Waals surface area contributed by atoms with Gasteiger partial charge in [0.15, 0.2) is 5.82 Å². The van der Waals surface area contributed by atoms with Crippen LogP contribution in [0.4, 0.5) is 0 Å². The Bertz CT molecular complexity index is 756. The summed E-state index contributed by atoms with van der Waals surface area (Å²) in [6.07, 6.45) is 1.66. The summed E-state index contributed by atoms with van der Waals surface area (Å²) in [7, 11) is 1.68. The highest BCUT2D eigenvalue weighted by atomic mass is 32.1. The zero-order chi connectivity index (χ0) is 16.8. The molecule has 0 spiro atoms. The maximum Gasteiger partial charge on any atom is 0.249 e. The molecule has 7 heteroatoms. The van der Waals surface area contributed by atoms with Crippen LogP contribution in [0.5, 0.6) is 0 Å². The van der Waals surface area contributed by atoms with E-state index in [9.17, 15) is 4.79 Å². The van der Waals surface area contributed by atoms with Crippen LogP contribution in [0.3, 0.4) is 0 Å². The van der Waals surface area contributed by atoms with Crippen LogP contribution in [0.1, 0.15) is 47.0 Å². The highest BCUT2D eigenvalue weighted by molar-refractivity contribution is 7.10. The average molecular weight is 347 g/mol. The van der Waals surface area contributed by atoms with Crippen LogP contribution in [0, 0.1) is 19.8 Å². The summed E-state index contributed by atoms with van der Waals surface area (Å²) >= 11 is 1.75. The van der Waals surface area contributed by atoms with Crippen LogP contribution in [0.2, 0.25) is 0 Å². The predicted molar refractivity (Wildman–Crippen MR) is 88.8 cm³/mol. The molecule has 0 bridgehead atoms. The number of aromatic nitrogens is 2. The Hall–Kier alpha value is -1.73. The van der Waals surface area contributed by atoms with Crippen molar-refractivity contribution in [1.82, 2.24) is 15.0 Å². The fraction of sp³-hybridized carbons (Fsp3) is 0.588. The Balaban J connectivity index is 1.53. The Morgan fingerprint density at radius 1 is 1.42 bits per heavy atom. The summed E-state index contributed by atoms with van der Waals surface area (Å²) in [6.45, 7) is 4.50. The number of hydrogen-bond acceptors (Lipinski definition) is 6. The molecule has 1 saturated carbocycles. The molecule has 2 aliphatic rings. The van der Waals surface area contributed by atoms with E-state index in [1.54, 1.807) is 25.4 Å². The van der Waals surface area contributed by atoms with Crippen LogP contribution in [0.15, 0.2) is 16.0 Å². The van der Waals surface area contributed by atoms with Gasteiger partial charge >= 0.3 is 0 Å². The van der Waals surface area contributed by atoms with Crippen molar-refractivity contribution in [2.24, 2.45) is 5.92 Å². The lowest BCUT2D eigenvalue weighted by Crippen LogP contribution is -2.33. The Labute approximate surface area is 144 Å². The molecule has 0 unspecified atom stereocenters. The number of thiophene rings is 1. The van der Waals surface area contributed by atoms with Crippen molar-refractivity contribution < 1.29 is 14.1 Å². The van der Waals surface area contributed by atoms with Crippen molar-refractivity contribution in [2.45, 2.75) is 44.8 Å². The third-order valence-corrected chi connectivity index (χ3v) is 6.20. The van der Waals surface area contributed by atoms with Gasteiger partial charge < -0.3 is 14.2 Å². The number of ether oxygens (including phenoxy) is 1. The highest BCUT2D eigenvalue weighted by Gasteiger charge is 2.50. The first-order chi connectivity index (χ1) is 11.6. The number of likely N-dealkylation sites (tertiary alicyclic amines) is 1. The van der Waals surface area contributed by atoms with Gasteiger partial charge in [-0.25, -0.2) is 0 Å². The molecule has 0 N–H and O–H groups in total.